The molecule has 0 radical (unpaired) electrons. The molecule has 1 heterocycles. The van der Waals surface area contributed by atoms with Crippen LogP contribution in [-0.2, 0) is 10.8 Å². The van der Waals surface area contributed by atoms with Crippen LogP contribution in [-0.4, -0.2) is 17.1 Å². The second-order valence-corrected chi connectivity index (χ2v) is 3.58. The number of hydrogen-bond acceptors (Lipinski definition) is 2. The first-order valence-corrected chi connectivity index (χ1v) is 4.99. The van der Waals surface area contributed by atoms with Crippen LogP contribution in [0.1, 0.15) is 5.56 Å². The predicted molar refractivity (Wildman–Crippen MR) is 49.7 cm³/mol. The van der Waals surface area contributed by atoms with E-state index < -0.39 is 0 Å². The largest absolute Gasteiger partial charge is 0.319 e. The molecular formula is C8H11NOS. The van der Waals surface area contributed by atoms with E-state index in [9.17, 15) is 0 Å². The van der Waals surface area contributed by atoms with Crippen LogP contribution < -0.4 is 0 Å². The number of nitrogens with zero attached hydrogens (tertiary/aromatic N) is 1. The van der Waals surface area contributed by atoms with Crippen LogP contribution >= 0.6 is 10.8 Å². The molecule has 0 spiro atoms. The molecule has 1 unspecified atom stereocenters. The van der Waals surface area contributed by atoms with Gasteiger partial charge in [-0.1, -0.05) is 22.7 Å². The van der Waals surface area contributed by atoms with Crippen LogP contribution in [0, 0.1) is 0 Å². The molecule has 0 aliphatic rings. The Balaban J connectivity index is 2.45. The second-order valence-electron chi connectivity index (χ2n) is 2.20. The molecule has 0 aliphatic heterocycles. The molecule has 1 aromatic rings. The summed E-state index contributed by atoms with van der Waals surface area (Å²) < 4.78 is 5.30. The number of hydrogen-bond donors (Lipinski definition) is 0. The van der Waals surface area contributed by atoms with Gasteiger partial charge >= 0.3 is 0 Å². The molecule has 0 aromatic carbocycles. The molecule has 0 N–H and O–H groups in total. The summed E-state index contributed by atoms with van der Waals surface area (Å²) in [7, 11) is -0.194. The standard InChI is InChI=1S/C8H11NOS/c1-11(2)10-7-8-4-3-5-9-6-8/h3-6H,1,7H2,2H3. The van der Waals surface area contributed by atoms with Gasteiger partial charge in [0.25, 0.3) is 0 Å². The Bertz CT molecular complexity index is 235. The molecule has 60 valence electrons. The van der Waals surface area contributed by atoms with Crippen molar-refractivity contribution in [3.05, 3.63) is 30.1 Å². The topological polar surface area (TPSA) is 22.1 Å². The van der Waals surface area contributed by atoms with Crippen LogP contribution in [0.2, 0.25) is 0 Å². The summed E-state index contributed by atoms with van der Waals surface area (Å²) >= 11 is 0. The summed E-state index contributed by atoms with van der Waals surface area (Å²) in [5.41, 5.74) is 1.09. The van der Waals surface area contributed by atoms with E-state index in [-0.39, 0.29) is 10.8 Å². The maximum Gasteiger partial charge on any atom is 0.0872 e. The van der Waals surface area contributed by atoms with E-state index in [1.54, 1.807) is 12.4 Å². The Morgan fingerprint density at radius 1 is 1.73 bits per heavy atom. The van der Waals surface area contributed by atoms with Gasteiger partial charge in [0, 0.05) is 18.6 Å². The van der Waals surface area contributed by atoms with Gasteiger partial charge < -0.3 is 4.18 Å². The molecule has 0 amide bonds. The molecular weight excluding hydrogens is 158 g/mol. The van der Waals surface area contributed by atoms with Crippen molar-refractivity contribution >= 4 is 16.6 Å². The summed E-state index contributed by atoms with van der Waals surface area (Å²) in [5, 5.41) is 0. The molecule has 0 saturated carbocycles. The Morgan fingerprint density at radius 3 is 3.09 bits per heavy atom. The summed E-state index contributed by atoms with van der Waals surface area (Å²) in [6, 6.07) is 3.88. The summed E-state index contributed by atoms with van der Waals surface area (Å²) in [6.45, 7) is 0.608. The lowest BCUT2D eigenvalue weighted by atomic mass is 10.3. The predicted octanol–water partition coefficient (Wildman–Crippen LogP) is 1.84. The van der Waals surface area contributed by atoms with Gasteiger partial charge in [-0.05, 0) is 11.6 Å². The highest BCUT2D eigenvalue weighted by molar-refractivity contribution is 8.09. The van der Waals surface area contributed by atoms with E-state index in [2.05, 4.69) is 10.9 Å². The van der Waals surface area contributed by atoms with Gasteiger partial charge in [-0.15, -0.1) is 0 Å². The molecule has 0 bridgehead atoms. The van der Waals surface area contributed by atoms with Crippen molar-refractivity contribution in [2.75, 3.05) is 6.26 Å². The smallest absolute Gasteiger partial charge is 0.0872 e. The average Bonchev–Trinajstić information content (AvgIpc) is 2.03. The van der Waals surface area contributed by atoms with Gasteiger partial charge in [0.15, 0.2) is 0 Å². The number of rotatable bonds is 3. The normalized spacial score (nSPS) is 12.8. The van der Waals surface area contributed by atoms with E-state index in [0.29, 0.717) is 6.61 Å². The highest BCUT2D eigenvalue weighted by Gasteiger charge is 1.90. The zero-order valence-electron chi connectivity index (χ0n) is 6.49. The number of pyridine rings is 1. The lowest BCUT2D eigenvalue weighted by Gasteiger charge is -2.01. The quantitative estimate of drug-likeness (QED) is 0.644. The first kappa shape index (κ1) is 8.43. The Morgan fingerprint density at radius 2 is 2.55 bits per heavy atom. The Hall–Kier alpha value is -0.670. The second kappa shape index (κ2) is 4.26. The van der Waals surface area contributed by atoms with Crippen LogP contribution in [0.25, 0.3) is 0 Å². The zero-order valence-corrected chi connectivity index (χ0v) is 7.30. The van der Waals surface area contributed by atoms with Crippen molar-refractivity contribution in [2.45, 2.75) is 6.61 Å². The Labute approximate surface area is 69.4 Å². The monoisotopic (exact) mass is 169 g/mol. The lowest BCUT2D eigenvalue weighted by Crippen LogP contribution is -1.86. The van der Waals surface area contributed by atoms with E-state index in [4.69, 9.17) is 4.18 Å². The number of aromatic nitrogens is 1. The third-order valence-corrected chi connectivity index (χ3v) is 1.67. The summed E-state index contributed by atoms with van der Waals surface area (Å²) in [4.78, 5) is 3.97. The molecule has 0 saturated heterocycles. The highest BCUT2D eigenvalue weighted by Crippen LogP contribution is 2.08. The molecule has 0 aliphatic carbocycles. The highest BCUT2D eigenvalue weighted by atomic mass is 32.2. The fourth-order valence-corrected chi connectivity index (χ4v) is 0.989. The molecule has 1 rings (SSSR count). The minimum atomic E-state index is -0.194. The average molecular weight is 169 g/mol. The van der Waals surface area contributed by atoms with Crippen LogP contribution in [0.5, 0.6) is 0 Å². The third-order valence-electron chi connectivity index (χ3n) is 1.15. The molecule has 0 fully saturated rings. The van der Waals surface area contributed by atoms with Crippen molar-refractivity contribution in [3.8, 4) is 0 Å². The van der Waals surface area contributed by atoms with Gasteiger partial charge in [0.2, 0.25) is 0 Å². The third kappa shape index (κ3) is 3.30. The van der Waals surface area contributed by atoms with Crippen LogP contribution in [0.3, 0.4) is 0 Å². The fraction of sp³-hybridized carbons (Fsp3) is 0.250. The summed E-state index contributed by atoms with van der Waals surface area (Å²) in [6.07, 6.45) is 5.49. The molecule has 11 heavy (non-hydrogen) atoms. The molecule has 1 atom stereocenters. The van der Waals surface area contributed by atoms with Crippen molar-refractivity contribution in [2.24, 2.45) is 0 Å². The maximum atomic E-state index is 5.30. The summed E-state index contributed by atoms with van der Waals surface area (Å²) in [5.74, 6) is 3.74. The lowest BCUT2D eigenvalue weighted by molar-refractivity contribution is 0.363. The first-order valence-electron chi connectivity index (χ1n) is 3.27. The Kier molecular flexibility index (Phi) is 3.26. The van der Waals surface area contributed by atoms with Gasteiger partial charge in [-0.3, -0.25) is 4.98 Å². The van der Waals surface area contributed by atoms with E-state index in [0.717, 1.165) is 5.56 Å². The van der Waals surface area contributed by atoms with Crippen LogP contribution in [0.15, 0.2) is 24.5 Å². The SMILES string of the molecule is C=S(C)OCc1cccnc1. The minimum Gasteiger partial charge on any atom is -0.319 e. The van der Waals surface area contributed by atoms with Crippen molar-refractivity contribution < 1.29 is 4.18 Å². The maximum absolute atomic E-state index is 5.30. The molecule has 2 nitrogen and oxygen atoms in total. The molecule has 3 heteroatoms. The van der Waals surface area contributed by atoms with E-state index in [1.165, 1.54) is 0 Å². The van der Waals surface area contributed by atoms with Gasteiger partial charge in [0.05, 0.1) is 6.61 Å². The van der Waals surface area contributed by atoms with Crippen molar-refractivity contribution in [3.63, 3.8) is 0 Å². The van der Waals surface area contributed by atoms with Gasteiger partial charge in [0.1, 0.15) is 0 Å². The van der Waals surface area contributed by atoms with E-state index in [1.807, 2.05) is 18.4 Å². The van der Waals surface area contributed by atoms with Crippen molar-refractivity contribution in [1.29, 1.82) is 0 Å². The van der Waals surface area contributed by atoms with E-state index >= 15 is 0 Å². The first-order chi connectivity index (χ1) is 5.29. The fourth-order valence-electron chi connectivity index (χ4n) is 0.652. The van der Waals surface area contributed by atoms with Crippen molar-refractivity contribution in [1.82, 2.24) is 4.98 Å². The van der Waals surface area contributed by atoms with Gasteiger partial charge in [-0.25, -0.2) is 0 Å². The molecule has 1 aromatic heterocycles. The zero-order chi connectivity index (χ0) is 8.10. The minimum absolute atomic E-state index is 0.194. The van der Waals surface area contributed by atoms with Crippen LogP contribution in [0.4, 0.5) is 0 Å². The van der Waals surface area contributed by atoms with Gasteiger partial charge in [-0.2, -0.15) is 0 Å².